The van der Waals surface area contributed by atoms with Crippen molar-refractivity contribution < 1.29 is 14.0 Å². The van der Waals surface area contributed by atoms with Crippen molar-refractivity contribution in [3.05, 3.63) is 70.7 Å². The first-order valence-corrected chi connectivity index (χ1v) is 10.2. The van der Waals surface area contributed by atoms with Crippen molar-refractivity contribution in [2.45, 2.75) is 6.42 Å². The van der Waals surface area contributed by atoms with Gasteiger partial charge in [0, 0.05) is 18.4 Å². The lowest BCUT2D eigenvalue weighted by Gasteiger charge is -2.12. The molecule has 6 rings (SSSR count). The molecule has 1 aliphatic heterocycles. The summed E-state index contributed by atoms with van der Waals surface area (Å²) in [6.45, 7) is 0.260. The highest BCUT2D eigenvalue weighted by Gasteiger charge is 2.34. The first-order valence-electron chi connectivity index (χ1n) is 9.34. The Bertz CT molecular complexity index is 1400. The summed E-state index contributed by atoms with van der Waals surface area (Å²) in [5.41, 5.74) is 1.67. The molecule has 2 amide bonds. The van der Waals surface area contributed by atoms with Crippen molar-refractivity contribution in [2.75, 3.05) is 6.54 Å². The second kappa shape index (κ2) is 6.33. The Hall–Kier alpha value is -3.85. The Labute approximate surface area is 173 Å². The fraction of sp³-hybridized carbons (Fsp3) is 0.0952. The van der Waals surface area contributed by atoms with E-state index in [1.807, 2.05) is 30.3 Å². The molecule has 0 atom stereocenters. The predicted octanol–water partition coefficient (Wildman–Crippen LogP) is 3.44. The third-order valence-electron chi connectivity index (χ3n) is 5.11. The number of fused-ring (bicyclic) bond motifs is 3. The smallest absolute Gasteiger partial charge is 0.261 e. The van der Waals surface area contributed by atoms with E-state index in [1.54, 1.807) is 28.8 Å². The van der Waals surface area contributed by atoms with E-state index >= 15 is 0 Å². The zero-order valence-corrected chi connectivity index (χ0v) is 16.3. The molecule has 0 radical (unpaired) electrons. The minimum atomic E-state index is -0.262. The maximum absolute atomic E-state index is 12.5. The number of amides is 2. The summed E-state index contributed by atoms with van der Waals surface area (Å²) < 4.78 is 7.52. The molecule has 8 nitrogen and oxygen atoms in total. The molecule has 146 valence electrons. The number of nitrogens with zero attached hydrogens (tertiary/aromatic N) is 5. The number of para-hydroxylation sites is 1. The summed E-state index contributed by atoms with van der Waals surface area (Å²) in [4.78, 5) is 26.9. The molecule has 0 unspecified atom stereocenters. The van der Waals surface area contributed by atoms with E-state index in [1.165, 1.54) is 16.2 Å². The van der Waals surface area contributed by atoms with E-state index in [0.29, 0.717) is 34.1 Å². The van der Waals surface area contributed by atoms with Crippen molar-refractivity contribution in [1.82, 2.24) is 24.7 Å². The summed E-state index contributed by atoms with van der Waals surface area (Å²) in [6.07, 6.45) is 0.444. The molecule has 0 N–H and O–H groups in total. The van der Waals surface area contributed by atoms with Crippen molar-refractivity contribution in [3.8, 4) is 11.6 Å². The van der Waals surface area contributed by atoms with E-state index in [9.17, 15) is 9.59 Å². The lowest BCUT2D eigenvalue weighted by molar-refractivity contribution is 0.0656. The van der Waals surface area contributed by atoms with Crippen LogP contribution in [-0.2, 0) is 6.42 Å². The van der Waals surface area contributed by atoms with Crippen LogP contribution in [0.25, 0.3) is 27.5 Å². The van der Waals surface area contributed by atoms with Crippen LogP contribution in [-0.4, -0.2) is 43.1 Å². The van der Waals surface area contributed by atoms with Crippen molar-refractivity contribution >= 4 is 39.1 Å². The molecule has 3 aromatic heterocycles. The summed E-state index contributed by atoms with van der Waals surface area (Å²) in [5.74, 6) is 0.577. The SMILES string of the molecule is O=C1c2ccccc2C(=O)N1CCc1nn2c(-c3cc4ccccc4o3)nnc2s1. The second-order valence-corrected chi connectivity index (χ2v) is 7.96. The topological polar surface area (TPSA) is 93.6 Å². The number of carbonyl (C=O) groups is 2. The van der Waals surface area contributed by atoms with Gasteiger partial charge in [0.25, 0.3) is 11.8 Å². The molecule has 9 heteroatoms. The van der Waals surface area contributed by atoms with E-state index in [2.05, 4.69) is 15.3 Å². The van der Waals surface area contributed by atoms with Crippen LogP contribution in [0.5, 0.6) is 0 Å². The van der Waals surface area contributed by atoms with E-state index in [-0.39, 0.29) is 18.4 Å². The van der Waals surface area contributed by atoms with Gasteiger partial charge in [-0.15, -0.1) is 10.2 Å². The summed E-state index contributed by atoms with van der Waals surface area (Å²) >= 11 is 1.38. The van der Waals surface area contributed by atoms with Crippen LogP contribution in [0.4, 0.5) is 0 Å². The van der Waals surface area contributed by atoms with Crippen LogP contribution in [0.15, 0.2) is 59.0 Å². The molecule has 0 spiro atoms. The van der Waals surface area contributed by atoms with Crippen molar-refractivity contribution in [1.29, 1.82) is 0 Å². The number of rotatable bonds is 4. The molecule has 30 heavy (non-hydrogen) atoms. The van der Waals surface area contributed by atoms with Gasteiger partial charge in [-0.05, 0) is 24.3 Å². The molecule has 5 aromatic rings. The minimum absolute atomic E-state index is 0.260. The average molecular weight is 415 g/mol. The van der Waals surface area contributed by atoms with Gasteiger partial charge in [-0.1, -0.05) is 41.7 Å². The lowest BCUT2D eigenvalue weighted by Crippen LogP contribution is -2.31. The summed E-state index contributed by atoms with van der Waals surface area (Å²) in [5, 5.41) is 14.7. The van der Waals surface area contributed by atoms with Gasteiger partial charge in [-0.3, -0.25) is 14.5 Å². The zero-order valence-electron chi connectivity index (χ0n) is 15.5. The molecule has 0 saturated carbocycles. The van der Waals surface area contributed by atoms with Gasteiger partial charge in [0.05, 0.1) is 11.1 Å². The molecule has 0 saturated heterocycles. The first kappa shape index (κ1) is 17.0. The van der Waals surface area contributed by atoms with Crippen molar-refractivity contribution in [3.63, 3.8) is 0 Å². The number of imide groups is 1. The maximum atomic E-state index is 12.5. The van der Waals surface area contributed by atoms with Crippen LogP contribution < -0.4 is 0 Å². The number of benzene rings is 2. The van der Waals surface area contributed by atoms with Crippen LogP contribution in [0, 0.1) is 0 Å². The molecule has 0 aliphatic carbocycles. The Morgan fingerprint density at radius 3 is 2.43 bits per heavy atom. The Balaban J connectivity index is 1.27. The zero-order chi connectivity index (χ0) is 20.2. The quantitative estimate of drug-likeness (QED) is 0.418. The number of carbonyl (C=O) groups excluding carboxylic acids is 2. The van der Waals surface area contributed by atoms with Crippen molar-refractivity contribution in [2.24, 2.45) is 0 Å². The van der Waals surface area contributed by atoms with Crippen LogP contribution in [0.3, 0.4) is 0 Å². The molecular weight excluding hydrogens is 402 g/mol. The van der Waals surface area contributed by atoms with Crippen LogP contribution in [0.1, 0.15) is 25.7 Å². The molecule has 1 aliphatic rings. The summed E-state index contributed by atoms with van der Waals surface area (Å²) in [7, 11) is 0. The number of hydrogen-bond acceptors (Lipinski definition) is 7. The number of hydrogen-bond donors (Lipinski definition) is 0. The number of aromatic nitrogens is 4. The molecule has 0 fully saturated rings. The standard InChI is InChI=1S/C21H13N5O3S/c27-19-13-6-2-3-7-14(13)20(28)25(19)10-9-17-24-26-18(22-23-21(26)30-17)16-11-12-5-1-4-8-15(12)29-16/h1-8,11H,9-10H2. The fourth-order valence-electron chi connectivity index (χ4n) is 3.65. The van der Waals surface area contributed by atoms with Gasteiger partial charge in [0.1, 0.15) is 10.6 Å². The Morgan fingerprint density at radius 1 is 0.933 bits per heavy atom. The minimum Gasteiger partial charge on any atom is -0.453 e. The van der Waals surface area contributed by atoms with Gasteiger partial charge in [-0.25, -0.2) is 0 Å². The number of furan rings is 1. The van der Waals surface area contributed by atoms with Crippen LogP contribution in [0.2, 0.25) is 0 Å². The first-order chi connectivity index (χ1) is 14.7. The van der Waals surface area contributed by atoms with Gasteiger partial charge in [-0.2, -0.15) is 9.61 Å². The fourth-order valence-corrected chi connectivity index (χ4v) is 4.47. The monoisotopic (exact) mass is 415 g/mol. The van der Waals surface area contributed by atoms with Gasteiger partial charge in [0.2, 0.25) is 10.8 Å². The van der Waals surface area contributed by atoms with Gasteiger partial charge < -0.3 is 4.42 Å². The normalized spacial score (nSPS) is 13.7. The van der Waals surface area contributed by atoms with Crippen LogP contribution >= 0.6 is 11.3 Å². The Morgan fingerprint density at radius 2 is 1.67 bits per heavy atom. The maximum Gasteiger partial charge on any atom is 0.261 e. The molecule has 4 heterocycles. The predicted molar refractivity (Wildman–Crippen MR) is 109 cm³/mol. The van der Waals surface area contributed by atoms with E-state index in [4.69, 9.17) is 4.42 Å². The van der Waals surface area contributed by atoms with Gasteiger partial charge >= 0.3 is 0 Å². The molecule has 0 bridgehead atoms. The molecular formula is C21H13N5O3S. The second-order valence-electron chi connectivity index (χ2n) is 6.92. The third kappa shape index (κ3) is 2.49. The van der Waals surface area contributed by atoms with Gasteiger partial charge in [0.15, 0.2) is 5.76 Å². The molecule has 2 aromatic carbocycles. The largest absolute Gasteiger partial charge is 0.453 e. The highest BCUT2D eigenvalue weighted by atomic mass is 32.1. The van der Waals surface area contributed by atoms with E-state index < -0.39 is 0 Å². The highest BCUT2D eigenvalue weighted by Crippen LogP contribution is 2.28. The Kier molecular flexibility index (Phi) is 3.59. The lowest BCUT2D eigenvalue weighted by atomic mass is 10.1. The van der Waals surface area contributed by atoms with E-state index in [0.717, 1.165) is 16.0 Å². The third-order valence-corrected chi connectivity index (χ3v) is 6.06. The summed E-state index contributed by atoms with van der Waals surface area (Å²) in [6, 6.07) is 16.5. The average Bonchev–Trinajstić information content (AvgIpc) is 3.50. The highest BCUT2D eigenvalue weighted by molar-refractivity contribution is 7.16.